The van der Waals surface area contributed by atoms with E-state index in [9.17, 15) is 9.90 Å². The SMILES string of the molecule is CNO.C[C@@H]1c2oncc2C[C@]2(C)c3nn(C)cc3C[C@@H]12.[3H]C.[C-]#[N+]C1=C(O)[C@@H](C)[C@@H]2Cc3cn(C)nc3[C@@]2(C)C1.[C-]#[N+]C1=C[C@]2(C)c3nn(C)cc3C[C@H]2[C@H](C)C1=O. The summed E-state index contributed by atoms with van der Waals surface area (Å²) in [5.41, 5.74) is 10.9. The lowest BCUT2D eigenvalue weighted by Crippen LogP contribution is -2.40. The monoisotopic (exact) mass is 792 g/mol. The topological polar surface area (TPSA) is 158 Å². The van der Waals surface area contributed by atoms with Gasteiger partial charge in [-0.05, 0) is 66.5 Å². The number of ketones is 1. The van der Waals surface area contributed by atoms with Gasteiger partial charge in [0.1, 0.15) is 5.76 Å². The molecule has 6 aliphatic carbocycles. The molecule has 4 heterocycles. The normalized spacial score (nSPS) is 31.7. The van der Waals surface area contributed by atoms with Gasteiger partial charge >= 0.3 is 0 Å². The predicted octanol–water partition coefficient (Wildman–Crippen LogP) is 6.88. The summed E-state index contributed by atoms with van der Waals surface area (Å²) in [6.45, 7) is 27.2. The standard InChI is InChI=1S/2C14H17N3O.C14H15N3O.CH5NO.CH4/c1-8-11-4-9-7-17(3)16-13(9)14(11,2)5-10-6-15-18-12(8)10;2*1-8-10-5-9-7-17(4)16-13(9)14(10,2)6-11(15-3)12(8)18;1-2-3;/h6-8,11H,4-5H2,1-3H3;7-8,10,18H,5-6H2,1-2,4H3;6-8,10H,5H2,1-2,4H3;2-3H,1H3;1H4/t8-,11-,14-;2*8-,10-,14-;;/m000../s1/i;;;;1T. The van der Waals surface area contributed by atoms with Gasteiger partial charge in [-0.15, -0.1) is 0 Å². The maximum absolute atomic E-state index is 12.1. The first-order chi connectivity index (χ1) is 27.9. The van der Waals surface area contributed by atoms with Crippen molar-refractivity contribution in [2.75, 3.05) is 7.05 Å². The molecule has 0 amide bonds. The average molecular weight is 793 g/mol. The van der Waals surface area contributed by atoms with Crippen LogP contribution in [0.3, 0.4) is 0 Å². The van der Waals surface area contributed by atoms with Crippen LogP contribution in [-0.4, -0.2) is 57.6 Å². The summed E-state index contributed by atoms with van der Waals surface area (Å²) in [5.74, 6) is 2.96. The second-order valence-corrected chi connectivity index (χ2v) is 17.7. The van der Waals surface area contributed by atoms with E-state index in [-0.39, 0.29) is 45.5 Å². The van der Waals surface area contributed by atoms with Crippen LogP contribution in [0, 0.1) is 42.7 Å². The van der Waals surface area contributed by atoms with E-state index in [1.807, 2.05) is 67.5 Å². The van der Waals surface area contributed by atoms with Crippen molar-refractivity contribution < 1.29 is 21.0 Å². The molecule has 0 unspecified atom stereocenters. The van der Waals surface area contributed by atoms with E-state index in [1.165, 1.54) is 42.4 Å². The van der Waals surface area contributed by atoms with Gasteiger partial charge < -0.3 is 19.6 Å². The fourth-order valence-electron chi connectivity index (χ4n) is 11.3. The summed E-state index contributed by atoms with van der Waals surface area (Å²) in [6, 6.07) is 0. The van der Waals surface area contributed by atoms with Crippen molar-refractivity contribution in [3.05, 3.63) is 116 Å². The number of hydrogen-bond donors (Lipinski definition) is 3. The van der Waals surface area contributed by atoms with Crippen LogP contribution in [0.25, 0.3) is 9.69 Å². The number of aryl methyl sites for hydroxylation is 3. The zero-order valence-corrected chi connectivity index (χ0v) is 35.6. The number of fused-ring (bicyclic) bond motifs is 10. The summed E-state index contributed by atoms with van der Waals surface area (Å²) < 4.78 is 16.8. The molecule has 0 fully saturated rings. The molecule has 14 nitrogen and oxygen atoms in total. The molecule has 0 aliphatic heterocycles. The van der Waals surface area contributed by atoms with Gasteiger partial charge in [0.15, 0.2) is 5.78 Å². The number of Topliss-reactive ketones (excluding diaryl/α,β-unsaturated/α-hetero) is 1. The third kappa shape index (κ3) is 6.41. The van der Waals surface area contributed by atoms with E-state index >= 15 is 0 Å². The highest BCUT2D eigenvalue weighted by Gasteiger charge is 2.54. The Bertz CT molecular complexity index is 2390. The number of aliphatic hydroxyl groups excluding tert-OH is 1. The van der Waals surface area contributed by atoms with Gasteiger partial charge in [-0.1, -0.05) is 60.2 Å². The van der Waals surface area contributed by atoms with Crippen LogP contribution in [0.15, 0.2) is 52.5 Å². The second-order valence-electron chi connectivity index (χ2n) is 17.7. The van der Waals surface area contributed by atoms with Crippen LogP contribution < -0.4 is 5.48 Å². The van der Waals surface area contributed by atoms with Gasteiger partial charge in [-0.3, -0.25) is 14.0 Å². The molecule has 0 aromatic carbocycles. The van der Waals surface area contributed by atoms with Gasteiger partial charge in [-0.25, -0.2) is 15.2 Å². The van der Waals surface area contributed by atoms with E-state index in [0.29, 0.717) is 35.6 Å². The van der Waals surface area contributed by atoms with E-state index in [4.69, 9.17) is 29.3 Å². The molecule has 10 rings (SSSR count). The Kier molecular flexibility index (Phi) is 10.7. The Morgan fingerprint density at radius 1 is 0.810 bits per heavy atom. The molecule has 9 atom stereocenters. The largest absolute Gasteiger partial charge is 0.523 e. The molecular weight excluding hydrogens is 733 g/mol. The molecule has 4 aromatic rings. The van der Waals surface area contributed by atoms with Crippen molar-refractivity contribution in [3.8, 4) is 0 Å². The van der Waals surface area contributed by atoms with Crippen LogP contribution in [0.2, 0.25) is 0 Å². The first-order valence-corrected chi connectivity index (χ1v) is 19.7. The Morgan fingerprint density at radius 3 is 1.83 bits per heavy atom. The number of nitrogens with zero attached hydrogens (tertiary/aromatic N) is 9. The van der Waals surface area contributed by atoms with Gasteiger partial charge in [-0.2, -0.15) is 15.3 Å². The van der Waals surface area contributed by atoms with Crippen LogP contribution in [0.5, 0.6) is 0 Å². The molecule has 14 heteroatoms. The maximum Gasteiger partial charge on any atom is 0.226 e. The number of aromatic nitrogens is 7. The number of carbonyl (C=O) groups is 1. The Labute approximate surface area is 343 Å². The van der Waals surface area contributed by atoms with Crippen LogP contribution in [0.1, 0.15) is 108 Å². The van der Waals surface area contributed by atoms with Gasteiger partial charge in [0, 0.05) is 87.7 Å². The summed E-state index contributed by atoms with van der Waals surface area (Å²) >= 11 is 0. The van der Waals surface area contributed by atoms with Crippen molar-refractivity contribution in [1.82, 2.24) is 40.0 Å². The Balaban J connectivity index is 0.000000141. The minimum atomic E-state index is -0.260. The molecular formula is C44H58N10O4. The zero-order chi connectivity index (χ0) is 43.4. The van der Waals surface area contributed by atoms with Gasteiger partial charge in [0.05, 0.1) is 42.2 Å². The summed E-state index contributed by atoms with van der Waals surface area (Å²) in [6.07, 6.45) is 14.6. The molecule has 6 aliphatic rings. The number of carbonyl (C=O) groups excluding carboxylic acids is 1. The lowest BCUT2D eigenvalue weighted by atomic mass is 9.64. The highest BCUT2D eigenvalue weighted by Crippen LogP contribution is 2.56. The quantitative estimate of drug-likeness (QED) is 0.128. The van der Waals surface area contributed by atoms with Crippen molar-refractivity contribution in [2.45, 2.75) is 103 Å². The molecule has 4 aromatic heterocycles. The number of allylic oxidation sites excluding steroid dienone is 4. The van der Waals surface area contributed by atoms with E-state index in [2.05, 4.69) is 65.1 Å². The van der Waals surface area contributed by atoms with Gasteiger partial charge in [0.25, 0.3) is 0 Å². The molecule has 58 heavy (non-hydrogen) atoms. The average Bonchev–Trinajstić information content (AvgIpc) is 4.07. The lowest BCUT2D eigenvalue weighted by Gasteiger charge is -2.39. The van der Waals surface area contributed by atoms with Crippen LogP contribution >= 0.6 is 0 Å². The summed E-state index contributed by atoms with van der Waals surface area (Å²) in [5, 5.41) is 35.2. The minimum absolute atomic E-state index is 0.0120. The molecule has 3 N–H and O–H groups in total. The van der Waals surface area contributed by atoms with Gasteiger partial charge in [0.2, 0.25) is 11.4 Å². The Morgan fingerprint density at radius 2 is 1.29 bits per heavy atom. The van der Waals surface area contributed by atoms with Crippen molar-refractivity contribution in [1.29, 1.82) is 0 Å². The summed E-state index contributed by atoms with van der Waals surface area (Å²) in [7, 11) is 8.54. The number of hydrogen-bond acceptors (Lipinski definition) is 9. The maximum atomic E-state index is 12.1. The van der Waals surface area contributed by atoms with E-state index in [1.54, 1.807) is 5.48 Å². The first-order valence-electron chi connectivity index (χ1n) is 20.7. The predicted molar refractivity (Wildman–Crippen MR) is 218 cm³/mol. The van der Waals surface area contributed by atoms with Crippen molar-refractivity contribution >= 4 is 5.78 Å². The zero-order valence-electron chi connectivity index (χ0n) is 36.6. The number of nitrogens with one attached hydrogen (secondary N) is 1. The fourth-order valence-corrected chi connectivity index (χ4v) is 11.3. The van der Waals surface area contributed by atoms with E-state index < -0.39 is 0 Å². The number of rotatable bonds is 0. The lowest BCUT2D eigenvalue weighted by molar-refractivity contribution is -0.121. The van der Waals surface area contributed by atoms with E-state index in [0.717, 1.165) is 42.8 Å². The minimum Gasteiger partial charge on any atom is -0.523 e. The number of hydroxylamine groups is 1. The van der Waals surface area contributed by atoms with Crippen LogP contribution in [-0.2, 0) is 67.9 Å². The molecule has 0 spiro atoms. The number of aliphatic hydroxyl groups is 1. The van der Waals surface area contributed by atoms with Crippen molar-refractivity contribution in [3.63, 3.8) is 0 Å². The summed E-state index contributed by atoms with van der Waals surface area (Å²) in [4.78, 5) is 19.0. The fraction of sp³-hybridized carbons (Fsp3) is 0.568. The molecule has 0 saturated heterocycles. The molecule has 0 saturated carbocycles. The smallest absolute Gasteiger partial charge is 0.226 e. The molecule has 0 bridgehead atoms. The third-order valence-corrected chi connectivity index (χ3v) is 14.1. The third-order valence-electron chi connectivity index (χ3n) is 14.1. The first kappa shape index (κ1) is 40.9. The second kappa shape index (κ2) is 15.1. The van der Waals surface area contributed by atoms with Crippen LogP contribution in [0.4, 0.5) is 0 Å². The Hall–Kier alpha value is -5.31. The highest BCUT2D eigenvalue weighted by molar-refractivity contribution is 6.00. The highest BCUT2D eigenvalue weighted by atomic mass is 16.5. The molecule has 308 valence electrons. The van der Waals surface area contributed by atoms with Crippen molar-refractivity contribution in [2.24, 2.45) is 50.7 Å². The molecule has 0 radical (unpaired) electrons.